The predicted octanol–water partition coefficient (Wildman–Crippen LogP) is 0.565. The van der Waals surface area contributed by atoms with E-state index in [0.29, 0.717) is 6.07 Å². The lowest BCUT2D eigenvalue weighted by Crippen LogP contribution is -2.50. The van der Waals surface area contributed by atoms with Gasteiger partial charge in [0.25, 0.3) is 0 Å². The first-order valence-corrected chi connectivity index (χ1v) is 7.52. The Morgan fingerprint density at radius 2 is 1.81 bits per heavy atom. The molecule has 0 bridgehead atoms. The van der Waals surface area contributed by atoms with Crippen LogP contribution in [0.15, 0.2) is 23.1 Å². The molecule has 0 amide bonds. The lowest BCUT2D eigenvalue weighted by Gasteiger charge is -2.34. The predicted molar refractivity (Wildman–Crippen MR) is 66.9 cm³/mol. The van der Waals surface area contributed by atoms with Crippen LogP contribution >= 0.6 is 0 Å². The molecule has 0 saturated carbocycles. The summed E-state index contributed by atoms with van der Waals surface area (Å²) in [5.74, 6) is -3.54. The minimum absolute atomic E-state index is 0.262. The summed E-state index contributed by atoms with van der Waals surface area (Å²) < 4.78 is 51.8. The molecular formula is C12H13F2NO5S. The van der Waals surface area contributed by atoms with E-state index in [1.165, 1.54) is 0 Å². The molecule has 1 fully saturated rings. The van der Waals surface area contributed by atoms with E-state index in [1.54, 1.807) is 0 Å². The Labute approximate surface area is 119 Å². The Hall–Kier alpha value is -1.58. The summed E-state index contributed by atoms with van der Waals surface area (Å²) in [5.41, 5.74) is -1.98. The number of halogens is 2. The number of carbonyl (C=O) groups is 1. The van der Waals surface area contributed by atoms with Crippen LogP contribution in [-0.4, -0.2) is 47.6 Å². The fraction of sp³-hybridized carbons (Fsp3) is 0.417. The summed E-state index contributed by atoms with van der Waals surface area (Å²) >= 11 is 0. The molecule has 0 aliphatic carbocycles. The minimum atomic E-state index is -4.20. The van der Waals surface area contributed by atoms with E-state index in [-0.39, 0.29) is 25.9 Å². The van der Waals surface area contributed by atoms with Crippen molar-refractivity contribution in [3.8, 4) is 0 Å². The maximum atomic E-state index is 13.6. The molecule has 0 aromatic heterocycles. The number of carboxylic acid groups (broad SMARTS) is 1. The van der Waals surface area contributed by atoms with Crippen LogP contribution in [0.25, 0.3) is 0 Å². The summed E-state index contributed by atoms with van der Waals surface area (Å²) in [6.45, 7) is -0.524. The maximum absolute atomic E-state index is 13.6. The molecule has 0 radical (unpaired) electrons. The summed E-state index contributed by atoms with van der Waals surface area (Å²) in [4.78, 5) is 10.2. The van der Waals surface area contributed by atoms with Crippen molar-refractivity contribution in [2.75, 3.05) is 13.1 Å². The van der Waals surface area contributed by atoms with E-state index in [9.17, 15) is 27.1 Å². The van der Waals surface area contributed by atoms with Gasteiger partial charge in [-0.1, -0.05) is 0 Å². The number of piperidine rings is 1. The van der Waals surface area contributed by atoms with Crippen LogP contribution < -0.4 is 0 Å². The fourth-order valence-corrected chi connectivity index (χ4v) is 3.62. The van der Waals surface area contributed by atoms with E-state index >= 15 is 0 Å². The van der Waals surface area contributed by atoms with Crippen molar-refractivity contribution in [1.82, 2.24) is 4.31 Å². The van der Waals surface area contributed by atoms with Crippen LogP contribution in [0.1, 0.15) is 12.8 Å². The fourth-order valence-electron chi connectivity index (χ4n) is 2.13. The van der Waals surface area contributed by atoms with Crippen molar-refractivity contribution >= 4 is 16.0 Å². The first-order valence-electron chi connectivity index (χ1n) is 6.08. The lowest BCUT2D eigenvalue weighted by molar-refractivity contribution is -0.162. The quantitative estimate of drug-likeness (QED) is 0.848. The standard InChI is InChI=1S/C12H13F2NO5S/c13-8-1-2-10(9(14)7-8)21(19,20)15-5-3-12(18,4-6-15)11(16)17/h1-2,7,18H,3-6H2,(H,16,17). The van der Waals surface area contributed by atoms with Crippen LogP contribution in [0.3, 0.4) is 0 Å². The smallest absolute Gasteiger partial charge is 0.335 e. The van der Waals surface area contributed by atoms with Crippen molar-refractivity contribution < 1.29 is 32.2 Å². The van der Waals surface area contributed by atoms with E-state index in [0.717, 1.165) is 16.4 Å². The minimum Gasteiger partial charge on any atom is -0.479 e. The number of hydrogen-bond acceptors (Lipinski definition) is 4. The second-order valence-corrected chi connectivity index (χ2v) is 6.72. The number of rotatable bonds is 3. The molecule has 9 heteroatoms. The first kappa shape index (κ1) is 15.8. The summed E-state index contributed by atoms with van der Waals surface area (Å²) in [6, 6.07) is 2.11. The molecule has 116 valence electrons. The van der Waals surface area contributed by atoms with Crippen LogP contribution in [0.2, 0.25) is 0 Å². The SMILES string of the molecule is O=C(O)C1(O)CCN(S(=O)(=O)c2ccc(F)cc2F)CC1. The topological polar surface area (TPSA) is 94.9 Å². The number of carboxylic acids is 1. The van der Waals surface area contributed by atoms with Crippen LogP contribution in [-0.2, 0) is 14.8 Å². The average molecular weight is 321 g/mol. The first-order chi connectivity index (χ1) is 9.67. The number of hydrogen-bond donors (Lipinski definition) is 2. The van der Waals surface area contributed by atoms with Gasteiger partial charge in [0.15, 0.2) is 5.60 Å². The van der Waals surface area contributed by atoms with Gasteiger partial charge < -0.3 is 10.2 Å². The summed E-state index contributed by atoms with van der Waals surface area (Å²) in [7, 11) is -4.20. The van der Waals surface area contributed by atoms with E-state index in [2.05, 4.69) is 0 Å². The van der Waals surface area contributed by atoms with E-state index < -0.39 is 38.1 Å². The van der Waals surface area contributed by atoms with Gasteiger partial charge in [-0.3, -0.25) is 0 Å². The second-order valence-electron chi connectivity index (χ2n) is 4.82. The van der Waals surface area contributed by atoms with Gasteiger partial charge in [-0.25, -0.2) is 22.0 Å². The molecule has 21 heavy (non-hydrogen) atoms. The van der Waals surface area contributed by atoms with Crippen molar-refractivity contribution in [1.29, 1.82) is 0 Å². The van der Waals surface area contributed by atoms with Crippen molar-refractivity contribution in [3.63, 3.8) is 0 Å². The van der Waals surface area contributed by atoms with Crippen molar-refractivity contribution in [2.24, 2.45) is 0 Å². The largest absolute Gasteiger partial charge is 0.479 e. The Bertz CT molecular complexity index is 668. The highest BCUT2D eigenvalue weighted by Crippen LogP contribution is 2.28. The van der Waals surface area contributed by atoms with Gasteiger partial charge in [-0.2, -0.15) is 4.31 Å². The van der Waals surface area contributed by atoms with Gasteiger partial charge in [0, 0.05) is 32.0 Å². The summed E-state index contributed by atoms with van der Waals surface area (Å²) in [5, 5.41) is 18.6. The molecule has 1 aromatic rings. The summed E-state index contributed by atoms with van der Waals surface area (Å²) in [6.07, 6.45) is -0.602. The molecule has 1 aliphatic heterocycles. The second kappa shape index (κ2) is 5.32. The Morgan fingerprint density at radius 1 is 1.24 bits per heavy atom. The van der Waals surface area contributed by atoms with Gasteiger partial charge in [0.1, 0.15) is 16.5 Å². The molecule has 0 spiro atoms. The average Bonchev–Trinajstić information content (AvgIpc) is 2.38. The zero-order chi connectivity index (χ0) is 15.8. The molecule has 2 N–H and O–H groups in total. The van der Waals surface area contributed by atoms with Gasteiger partial charge in [-0.05, 0) is 12.1 Å². The third kappa shape index (κ3) is 2.89. The zero-order valence-electron chi connectivity index (χ0n) is 10.8. The molecule has 1 aromatic carbocycles. The molecule has 1 heterocycles. The Kier molecular flexibility index (Phi) is 4.00. The number of benzene rings is 1. The number of aliphatic hydroxyl groups is 1. The van der Waals surface area contributed by atoms with Gasteiger partial charge in [0.05, 0.1) is 0 Å². The van der Waals surface area contributed by atoms with Crippen LogP contribution in [0.4, 0.5) is 8.78 Å². The Morgan fingerprint density at radius 3 is 2.29 bits per heavy atom. The molecule has 2 rings (SSSR count). The molecule has 1 saturated heterocycles. The number of sulfonamides is 1. The molecule has 0 atom stereocenters. The third-order valence-electron chi connectivity index (χ3n) is 3.46. The van der Waals surface area contributed by atoms with Gasteiger partial charge >= 0.3 is 5.97 Å². The van der Waals surface area contributed by atoms with Crippen LogP contribution in [0.5, 0.6) is 0 Å². The highest BCUT2D eigenvalue weighted by molar-refractivity contribution is 7.89. The van der Waals surface area contributed by atoms with Gasteiger partial charge in [-0.15, -0.1) is 0 Å². The lowest BCUT2D eigenvalue weighted by atomic mass is 9.93. The van der Waals surface area contributed by atoms with Crippen LogP contribution in [0, 0.1) is 11.6 Å². The number of nitrogens with zero attached hydrogens (tertiary/aromatic N) is 1. The zero-order valence-corrected chi connectivity index (χ0v) is 11.6. The molecule has 0 unspecified atom stereocenters. The number of aliphatic carboxylic acids is 1. The normalized spacial score (nSPS) is 19.4. The Balaban J connectivity index is 2.25. The maximum Gasteiger partial charge on any atom is 0.335 e. The van der Waals surface area contributed by atoms with Crippen molar-refractivity contribution in [3.05, 3.63) is 29.8 Å². The monoisotopic (exact) mass is 321 g/mol. The third-order valence-corrected chi connectivity index (χ3v) is 5.39. The van der Waals surface area contributed by atoms with Gasteiger partial charge in [0.2, 0.25) is 10.0 Å². The van der Waals surface area contributed by atoms with E-state index in [4.69, 9.17) is 5.11 Å². The van der Waals surface area contributed by atoms with Crippen molar-refractivity contribution in [2.45, 2.75) is 23.3 Å². The van der Waals surface area contributed by atoms with E-state index in [1.807, 2.05) is 0 Å². The molecular weight excluding hydrogens is 308 g/mol. The molecule has 1 aliphatic rings. The highest BCUT2D eigenvalue weighted by Gasteiger charge is 2.42. The molecule has 6 nitrogen and oxygen atoms in total. The highest BCUT2D eigenvalue weighted by atomic mass is 32.2.